The Hall–Kier alpha value is -0.890. The first-order chi connectivity index (χ1) is 7.63. The van der Waals surface area contributed by atoms with E-state index >= 15 is 0 Å². The fourth-order valence-electron chi connectivity index (χ4n) is 2.58. The third-order valence-electron chi connectivity index (χ3n) is 3.77. The van der Waals surface area contributed by atoms with E-state index in [4.69, 9.17) is 0 Å². The second-order valence-electron chi connectivity index (χ2n) is 4.96. The molecule has 0 saturated heterocycles. The van der Waals surface area contributed by atoms with E-state index in [1.807, 2.05) is 20.0 Å². The van der Waals surface area contributed by atoms with E-state index in [-0.39, 0.29) is 5.82 Å². The van der Waals surface area contributed by atoms with Gasteiger partial charge in [-0.1, -0.05) is 13.0 Å². The summed E-state index contributed by atoms with van der Waals surface area (Å²) in [5.74, 6) is 1.34. The normalized spacial score (nSPS) is 19.5. The summed E-state index contributed by atoms with van der Waals surface area (Å²) in [5.41, 5.74) is 2.29. The lowest BCUT2D eigenvalue weighted by molar-refractivity contribution is 0.367. The van der Waals surface area contributed by atoms with E-state index < -0.39 is 0 Å². The number of hydrogen-bond donors (Lipinski definition) is 1. The fourth-order valence-corrected chi connectivity index (χ4v) is 2.58. The highest BCUT2D eigenvalue weighted by molar-refractivity contribution is 5.30. The number of hydrogen-bond acceptors (Lipinski definition) is 1. The summed E-state index contributed by atoms with van der Waals surface area (Å²) in [4.78, 5) is 0. The molecule has 2 atom stereocenters. The summed E-state index contributed by atoms with van der Waals surface area (Å²) in [6.07, 6.45) is 2.69. The first-order valence-electron chi connectivity index (χ1n) is 6.06. The van der Waals surface area contributed by atoms with Crippen molar-refractivity contribution < 1.29 is 4.39 Å². The Morgan fingerprint density at radius 1 is 1.38 bits per heavy atom. The van der Waals surface area contributed by atoms with Gasteiger partial charge in [0, 0.05) is 6.04 Å². The molecular weight excluding hydrogens is 201 g/mol. The molecule has 1 N–H and O–H groups in total. The monoisotopic (exact) mass is 221 g/mol. The molecule has 0 spiro atoms. The Kier molecular flexibility index (Phi) is 3.29. The van der Waals surface area contributed by atoms with Gasteiger partial charge in [0.1, 0.15) is 5.82 Å². The van der Waals surface area contributed by atoms with E-state index in [0.717, 1.165) is 11.5 Å². The van der Waals surface area contributed by atoms with Crippen LogP contribution in [-0.4, -0.2) is 7.05 Å². The topological polar surface area (TPSA) is 12.0 Å². The Balaban J connectivity index is 2.24. The summed E-state index contributed by atoms with van der Waals surface area (Å²) in [5, 5.41) is 3.38. The average molecular weight is 221 g/mol. The molecule has 0 amide bonds. The van der Waals surface area contributed by atoms with Gasteiger partial charge in [0.25, 0.3) is 0 Å². The van der Waals surface area contributed by atoms with Crippen LogP contribution in [0.15, 0.2) is 18.2 Å². The molecule has 2 rings (SSSR count). The van der Waals surface area contributed by atoms with Crippen LogP contribution in [0.1, 0.15) is 36.9 Å². The molecule has 1 aliphatic carbocycles. The molecule has 1 aromatic carbocycles. The van der Waals surface area contributed by atoms with Gasteiger partial charge >= 0.3 is 0 Å². The third-order valence-corrected chi connectivity index (χ3v) is 3.77. The molecule has 16 heavy (non-hydrogen) atoms. The van der Waals surface area contributed by atoms with Crippen molar-refractivity contribution in [1.82, 2.24) is 5.32 Å². The van der Waals surface area contributed by atoms with E-state index in [9.17, 15) is 4.39 Å². The minimum atomic E-state index is -0.143. The maximum absolute atomic E-state index is 13.1. The molecule has 1 fully saturated rings. The zero-order valence-corrected chi connectivity index (χ0v) is 10.3. The summed E-state index contributed by atoms with van der Waals surface area (Å²) < 4.78 is 13.1. The fraction of sp³-hybridized carbons (Fsp3) is 0.571. The van der Waals surface area contributed by atoms with Gasteiger partial charge in [0.05, 0.1) is 0 Å². The van der Waals surface area contributed by atoms with Crippen molar-refractivity contribution in [1.29, 1.82) is 0 Å². The predicted molar refractivity (Wildman–Crippen MR) is 64.8 cm³/mol. The average Bonchev–Trinajstić information content (AvgIpc) is 3.05. The smallest absolute Gasteiger partial charge is 0.123 e. The van der Waals surface area contributed by atoms with Crippen LogP contribution in [-0.2, 0) is 0 Å². The van der Waals surface area contributed by atoms with Crippen molar-refractivity contribution in [3.63, 3.8) is 0 Å². The molecule has 0 heterocycles. The molecule has 1 saturated carbocycles. The molecule has 1 aromatic rings. The minimum Gasteiger partial charge on any atom is -0.313 e. The molecule has 2 unspecified atom stereocenters. The molecule has 0 bridgehead atoms. The number of aryl methyl sites for hydroxylation is 1. The van der Waals surface area contributed by atoms with Crippen LogP contribution in [0, 0.1) is 24.6 Å². The van der Waals surface area contributed by atoms with Crippen LogP contribution in [0.25, 0.3) is 0 Å². The van der Waals surface area contributed by atoms with E-state index in [2.05, 4.69) is 12.2 Å². The van der Waals surface area contributed by atoms with Crippen LogP contribution in [0.4, 0.5) is 4.39 Å². The predicted octanol–water partition coefficient (Wildman–Crippen LogP) is 3.44. The zero-order valence-electron chi connectivity index (χ0n) is 10.3. The van der Waals surface area contributed by atoms with Gasteiger partial charge in [0.2, 0.25) is 0 Å². The lowest BCUT2D eigenvalue weighted by Gasteiger charge is -2.25. The Morgan fingerprint density at radius 3 is 2.56 bits per heavy atom. The highest BCUT2D eigenvalue weighted by atomic mass is 19.1. The SMILES string of the molecule is CNC(c1ccc(F)cc1C)C(C)C1CC1. The second kappa shape index (κ2) is 4.54. The first kappa shape index (κ1) is 11.6. The van der Waals surface area contributed by atoms with Crippen LogP contribution < -0.4 is 5.32 Å². The van der Waals surface area contributed by atoms with Crippen LogP contribution in [0.5, 0.6) is 0 Å². The quantitative estimate of drug-likeness (QED) is 0.821. The maximum Gasteiger partial charge on any atom is 0.123 e. The summed E-state index contributed by atoms with van der Waals surface area (Å²) in [7, 11) is 1.99. The third kappa shape index (κ3) is 2.27. The molecule has 1 nitrogen and oxygen atoms in total. The lowest BCUT2D eigenvalue weighted by Crippen LogP contribution is -2.25. The Morgan fingerprint density at radius 2 is 2.06 bits per heavy atom. The van der Waals surface area contributed by atoms with Gasteiger partial charge in [-0.2, -0.15) is 0 Å². The number of nitrogens with one attached hydrogen (secondary N) is 1. The maximum atomic E-state index is 13.1. The van der Waals surface area contributed by atoms with Gasteiger partial charge in [-0.15, -0.1) is 0 Å². The van der Waals surface area contributed by atoms with E-state index in [1.54, 1.807) is 12.1 Å². The highest BCUT2D eigenvalue weighted by Crippen LogP contribution is 2.43. The van der Waals surface area contributed by atoms with Crippen LogP contribution in [0.3, 0.4) is 0 Å². The zero-order chi connectivity index (χ0) is 11.7. The van der Waals surface area contributed by atoms with Crippen molar-refractivity contribution >= 4 is 0 Å². The van der Waals surface area contributed by atoms with Crippen molar-refractivity contribution in [3.8, 4) is 0 Å². The second-order valence-corrected chi connectivity index (χ2v) is 4.96. The molecule has 0 radical (unpaired) electrons. The number of benzene rings is 1. The summed E-state index contributed by atoms with van der Waals surface area (Å²) >= 11 is 0. The first-order valence-corrected chi connectivity index (χ1v) is 6.06. The standard InChI is InChI=1S/C14H20FN/c1-9-8-12(15)6-7-13(9)14(16-3)10(2)11-4-5-11/h6-8,10-11,14,16H,4-5H2,1-3H3. The molecule has 0 aliphatic heterocycles. The minimum absolute atomic E-state index is 0.143. The van der Waals surface area contributed by atoms with Crippen molar-refractivity contribution in [3.05, 3.63) is 35.1 Å². The van der Waals surface area contributed by atoms with Crippen molar-refractivity contribution in [2.24, 2.45) is 11.8 Å². The molecule has 88 valence electrons. The number of rotatable bonds is 4. The van der Waals surface area contributed by atoms with Gasteiger partial charge in [-0.3, -0.25) is 0 Å². The van der Waals surface area contributed by atoms with Crippen LogP contribution in [0.2, 0.25) is 0 Å². The Bertz CT molecular complexity index is 371. The van der Waals surface area contributed by atoms with E-state index in [0.29, 0.717) is 12.0 Å². The van der Waals surface area contributed by atoms with Crippen molar-refractivity contribution in [2.75, 3.05) is 7.05 Å². The molecule has 2 heteroatoms. The van der Waals surface area contributed by atoms with Gasteiger partial charge < -0.3 is 5.32 Å². The molecule has 0 aromatic heterocycles. The lowest BCUT2D eigenvalue weighted by atomic mass is 9.88. The largest absolute Gasteiger partial charge is 0.313 e. The summed E-state index contributed by atoms with van der Waals surface area (Å²) in [6.45, 7) is 4.28. The van der Waals surface area contributed by atoms with E-state index in [1.165, 1.54) is 18.4 Å². The number of halogens is 1. The highest BCUT2D eigenvalue weighted by Gasteiger charge is 2.33. The molecule has 1 aliphatic rings. The Labute approximate surface area is 97.1 Å². The summed E-state index contributed by atoms with van der Waals surface area (Å²) in [6, 6.07) is 5.46. The van der Waals surface area contributed by atoms with Crippen LogP contribution >= 0.6 is 0 Å². The molecular formula is C14H20FN. The van der Waals surface area contributed by atoms with Gasteiger partial charge in [-0.05, 0) is 61.9 Å². The van der Waals surface area contributed by atoms with Crippen molar-refractivity contribution in [2.45, 2.75) is 32.7 Å². The van der Waals surface area contributed by atoms with Gasteiger partial charge in [-0.25, -0.2) is 4.39 Å². The van der Waals surface area contributed by atoms with Gasteiger partial charge in [0.15, 0.2) is 0 Å².